The van der Waals surface area contributed by atoms with Crippen LogP contribution in [0.1, 0.15) is 64.8 Å². The minimum absolute atomic E-state index is 0.0965. The largest absolute Gasteiger partial charge is 0.330 e. The van der Waals surface area contributed by atoms with E-state index in [1.807, 2.05) is 0 Å². The molecule has 0 radical (unpaired) electrons. The summed E-state index contributed by atoms with van der Waals surface area (Å²) in [6.45, 7) is 0.659. The number of piperidine rings is 1. The number of unbranched alkanes of at least 4 members (excludes halogenated alkanes) is 3. The van der Waals surface area contributed by atoms with Crippen molar-refractivity contribution in [2.45, 2.75) is 44.6 Å². The Hall–Kier alpha value is -2.98. The fourth-order valence-electron chi connectivity index (χ4n) is 3.31. The van der Waals surface area contributed by atoms with E-state index in [-0.39, 0.29) is 24.0 Å². The first-order chi connectivity index (χ1) is 13.0. The second-order valence-electron chi connectivity index (χ2n) is 6.58. The highest BCUT2D eigenvalue weighted by Gasteiger charge is 2.45. The van der Waals surface area contributed by atoms with Gasteiger partial charge in [-0.15, -0.1) is 0 Å². The van der Waals surface area contributed by atoms with Gasteiger partial charge in [0.15, 0.2) is 0 Å². The number of carbonyl (C=O) groups excluding carboxylic acids is 4. The lowest BCUT2D eigenvalue weighted by Gasteiger charge is -2.27. The Kier molecular flexibility index (Phi) is 5.67. The van der Waals surface area contributed by atoms with Gasteiger partial charge in [-0.1, -0.05) is 24.3 Å². The molecular formula is C20H21N3O4. The number of rotatable bonds is 5. The molecule has 7 nitrogen and oxygen atoms in total. The van der Waals surface area contributed by atoms with E-state index in [2.05, 4.69) is 17.2 Å². The smallest absolute Gasteiger partial charge is 0.263 e. The predicted octanol–water partition coefficient (Wildman–Crippen LogP) is 0.958. The van der Waals surface area contributed by atoms with E-state index < -0.39 is 29.7 Å². The Morgan fingerprint density at radius 1 is 1.11 bits per heavy atom. The molecule has 0 saturated carbocycles. The summed E-state index contributed by atoms with van der Waals surface area (Å²) in [5, 5.41) is 2.19. The molecule has 1 fully saturated rings. The van der Waals surface area contributed by atoms with E-state index in [0.717, 1.165) is 24.2 Å². The maximum atomic E-state index is 12.9. The first-order valence-corrected chi connectivity index (χ1v) is 9.08. The fraction of sp³-hybridized carbons (Fsp3) is 0.400. The van der Waals surface area contributed by atoms with Crippen molar-refractivity contribution < 1.29 is 19.2 Å². The highest BCUT2D eigenvalue weighted by atomic mass is 16.2. The van der Waals surface area contributed by atoms with Crippen molar-refractivity contribution >= 4 is 23.6 Å². The van der Waals surface area contributed by atoms with Gasteiger partial charge in [-0.2, -0.15) is 0 Å². The number of carbonyl (C=O) groups is 4. The van der Waals surface area contributed by atoms with Gasteiger partial charge in [0, 0.05) is 18.4 Å². The van der Waals surface area contributed by atoms with Gasteiger partial charge in [0.1, 0.15) is 6.04 Å². The standard InChI is InChI=1S/C20H21N3O4/c21-12-5-3-1-2-4-7-13-8-6-9-14-17(13)20(27)23(19(14)26)15-10-11-16(24)22-18(15)25/h6,8-9,15H,1-3,5,10-12,21H2,(H,22,24,25). The summed E-state index contributed by atoms with van der Waals surface area (Å²) in [4.78, 5) is 50.0. The Morgan fingerprint density at radius 3 is 2.67 bits per heavy atom. The molecule has 0 aliphatic carbocycles. The number of fused-ring (bicyclic) bond motifs is 1. The molecule has 0 aromatic heterocycles. The van der Waals surface area contributed by atoms with Crippen LogP contribution >= 0.6 is 0 Å². The molecule has 1 saturated heterocycles. The molecule has 7 heteroatoms. The molecule has 27 heavy (non-hydrogen) atoms. The lowest BCUT2D eigenvalue weighted by atomic mass is 10.0. The number of benzene rings is 1. The van der Waals surface area contributed by atoms with Crippen LogP contribution in [0.25, 0.3) is 0 Å². The van der Waals surface area contributed by atoms with E-state index in [9.17, 15) is 19.2 Å². The fourth-order valence-corrected chi connectivity index (χ4v) is 3.31. The number of nitrogens with two attached hydrogens (primary N) is 1. The van der Waals surface area contributed by atoms with Crippen LogP contribution in [0.4, 0.5) is 0 Å². The predicted molar refractivity (Wildman–Crippen MR) is 97.5 cm³/mol. The van der Waals surface area contributed by atoms with Crippen LogP contribution in [-0.4, -0.2) is 41.1 Å². The van der Waals surface area contributed by atoms with Gasteiger partial charge in [0.05, 0.1) is 11.1 Å². The molecule has 4 amide bonds. The molecular weight excluding hydrogens is 346 g/mol. The van der Waals surface area contributed by atoms with Gasteiger partial charge < -0.3 is 5.73 Å². The van der Waals surface area contributed by atoms with Crippen LogP contribution in [0.2, 0.25) is 0 Å². The summed E-state index contributed by atoms with van der Waals surface area (Å²) < 4.78 is 0. The summed E-state index contributed by atoms with van der Waals surface area (Å²) in [7, 11) is 0. The first-order valence-electron chi connectivity index (χ1n) is 9.08. The monoisotopic (exact) mass is 367 g/mol. The highest BCUT2D eigenvalue weighted by Crippen LogP contribution is 2.29. The third-order valence-corrected chi connectivity index (χ3v) is 4.70. The van der Waals surface area contributed by atoms with Gasteiger partial charge in [0.2, 0.25) is 11.8 Å². The van der Waals surface area contributed by atoms with Crippen LogP contribution in [0, 0.1) is 11.8 Å². The lowest BCUT2D eigenvalue weighted by molar-refractivity contribution is -0.136. The molecule has 140 valence electrons. The molecule has 0 bridgehead atoms. The summed E-state index contributed by atoms with van der Waals surface area (Å²) in [5.74, 6) is 3.96. The van der Waals surface area contributed by atoms with E-state index in [4.69, 9.17) is 5.73 Å². The molecule has 3 N–H and O–H groups in total. The quantitative estimate of drug-likeness (QED) is 0.458. The zero-order valence-corrected chi connectivity index (χ0v) is 14.9. The van der Waals surface area contributed by atoms with Gasteiger partial charge in [0.25, 0.3) is 11.8 Å². The minimum Gasteiger partial charge on any atom is -0.330 e. The van der Waals surface area contributed by atoms with Crippen molar-refractivity contribution in [3.8, 4) is 11.8 Å². The zero-order valence-electron chi connectivity index (χ0n) is 14.9. The second kappa shape index (κ2) is 8.14. The Balaban J connectivity index is 1.81. The van der Waals surface area contributed by atoms with Gasteiger partial charge in [-0.25, -0.2) is 0 Å². The van der Waals surface area contributed by atoms with Crippen molar-refractivity contribution in [1.29, 1.82) is 0 Å². The molecule has 1 unspecified atom stereocenters. The molecule has 2 heterocycles. The average Bonchev–Trinajstić information content (AvgIpc) is 2.90. The Morgan fingerprint density at radius 2 is 1.93 bits per heavy atom. The van der Waals surface area contributed by atoms with Gasteiger partial charge in [-0.05, 0) is 37.9 Å². The van der Waals surface area contributed by atoms with Crippen molar-refractivity contribution in [2.75, 3.05) is 6.54 Å². The zero-order chi connectivity index (χ0) is 19.4. The molecule has 0 spiro atoms. The normalized spacial score (nSPS) is 18.9. The van der Waals surface area contributed by atoms with E-state index in [1.165, 1.54) is 0 Å². The number of hydrogen-bond donors (Lipinski definition) is 2. The number of hydrogen-bond acceptors (Lipinski definition) is 5. The third kappa shape index (κ3) is 3.76. The van der Waals surface area contributed by atoms with E-state index >= 15 is 0 Å². The van der Waals surface area contributed by atoms with Crippen LogP contribution in [0.3, 0.4) is 0 Å². The van der Waals surface area contributed by atoms with Gasteiger partial charge >= 0.3 is 0 Å². The number of nitrogens with zero attached hydrogens (tertiary/aromatic N) is 1. The molecule has 1 aromatic carbocycles. The number of amides is 4. The molecule has 1 aromatic rings. The maximum Gasteiger partial charge on any atom is 0.263 e. The average molecular weight is 367 g/mol. The molecule has 2 aliphatic rings. The van der Waals surface area contributed by atoms with E-state index in [1.54, 1.807) is 18.2 Å². The summed E-state index contributed by atoms with van der Waals surface area (Å²) in [5.41, 5.74) is 6.43. The first kappa shape index (κ1) is 18.8. The van der Waals surface area contributed by atoms with Crippen molar-refractivity contribution in [1.82, 2.24) is 10.2 Å². The highest BCUT2D eigenvalue weighted by molar-refractivity contribution is 6.24. The van der Waals surface area contributed by atoms with Crippen LogP contribution in [0.15, 0.2) is 18.2 Å². The van der Waals surface area contributed by atoms with Crippen molar-refractivity contribution in [3.63, 3.8) is 0 Å². The molecule has 2 aliphatic heterocycles. The number of nitrogens with one attached hydrogen (secondary N) is 1. The van der Waals surface area contributed by atoms with Crippen molar-refractivity contribution in [3.05, 3.63) is 34.9 Å². The minimum atomic E-state index is -0.966. The molecule has 3 rings (SSSR count). The number of imide groups is 2. The lowest BCUT2D eigenvalue weighted by Crippen LogP contribution is -2.54. The van der Waals surface area contributed by atoms with Gasteiger partial charge in [-0.3, -0.25) is 29.4 Å². The molecule has 1 atom stereocenters. The summed E-state index contributed by atoms with van der Waals surface area (Å²) >= 11 is 0. The summed E-state index contributed by atoms with van der Waals surface area (Å²) in [6, 6.07) is 3.97. The van der Waals surface area contributed by atoms with Crippen molar-refractivity contribution in [2.24, 2.45) is 5.73 Å². The Bertz CT molecular complexity index is 866. The van der Waals surface area contributed by atoms with Crippen LogP contribution in [0.5, 0.6) is 0 Å². The summed E-state index contributed by atoms with van der Waals surface area (Å²) in [6.07, 6.45) is 3.80. The Labute approximate surface area is 157 Å². The van der Waals surface area contributed by atoms with Crippen LogP contribution in [-0.2, 0) is 9.59 Å². The second-order valence-corrected chi connectivity index (χ2v) is 6.58. The third-order valence-electron chi connectivity index (χ3n) is 4.70. The van der Waals surface area contributed by atoms with E-state index in [0.29, 0.717) is 18.5 Å². The van der Waals surface area contributed by atoms with Crippen LogP contribution < -0.4 is 11.1 Å². The maximum absolute atomic E-state index is 12.9. The topological polar surface area (TPSA) is 110 Å². The SMILES string of the molecule is NCCCCCC#Cc1cccc2c1C(=O)N(C1CCC(=O)NC1=O)C2=O.